The maximum Gasteiger partial charge on any atom is 0.223 e. The van der Waals surface area contributed by atoms with Crippen molar-refractivity contribution < 1.29 is 9.59 Å². The molecule has 0 unspecified atom stereocenters. The molecule has 1 aliphatic rings. The van der Waals surface area contributed by atoms with E-state index in [9.17, 15) is 9.59 Å². The summed E-state index contributed by atoms with van der Waals surface area (Å²) in [7, 11) is 0. The van der Waals surface area contributed by atoms with E-state index >= 15 is 0 Å². The van der Waals surface area contributed by atoms with Crippen LogP contribution in [-0.2, 0) is 4.79 Å². The zero-order valence-electron chi connectivity index (χ0n) is 14.2. The normalized spacial score (nSPS) is 15.5. The first kappa shape index (κ1) is 16.8. The van der Waals surface area contributed by atoms with Crippen molar-refractivity contribution in [3.63, 3.8) is 0 Å². The number of carbonyl (C=O) groups excluding carboxylic acids is 2. The molecule has 3 aromatic heterocycles. The van der Waals surface area contributed by atoms with Crippen LogP contribution in [0.4, 0.5) is 0 Å². The summed E-state index contributed by atoms with van der Waals surface area (Å²) < 4.78 is 0. The van der Waals surface area contributed by atoms with Crippen LogP contribution in [0.1, 0.15) is 47.0 Å². The maximum absolute atomic E-state index is 12.4. The number of ketones is 1. The van der Waals surface area contributed by atoms with Crippen molar-refractivity contribution in [1.82, 2.24) is 25.1 Å². The Morgan fingerprint density at radius 2 is 2.00 bits per heavy atom. The van der Waals surface area contributed by atoms with Gasteiger partial charge in [-0.1, -0.05) is 6.07 Å². The molecule has 26 heavy (non-hydrogen) atoms. The Labute approximate surface area is 154 Å². The number of aromatic amines is 1. The minimum Gasteiger partial charge on any atom is -0.343 e. The van der Waals surface area contributed by atoms with Crippen LogP contribution in [0.15, 0.2) is 29.9 Å². The predicted molar refractivity (Wildman–Crippen MR) is 98.1 cm³/mol. The van der Waals surface area contributed by atoms with Crippen LogP contribution in [-0.4, -0.2) is 49.8 Å². The zero-order valence-corrected chi connectivity index (χ0v) is 15.0. The van der Waals surface area contributed by atoms with Crippen LogP contribution in [0.3, 0.4) is 0 Å². The summed E-state index contributed by atoms with van der Waals surface area (Å²) in [6.07, 6.45) is 5.58. The Morgan fingerprint density at radius 1 is 1.19 bits per heavy atom. The van der Waals surface area contributed by atoms with Crippen molar-refractivity contribution in [3.05, 3.63) is 40.5 Å². The number of fused-ring (bicyclic) bond motifs is 1. The number of likely N-dealkylation sites (tertiary alicyclic amines) is 1. The van der Waals surface area contributed by atoms with Gasteiger partial charge in [-0.3, -0.25) is 14.7 Å². The number of nitrogens with zero attached hydrogens (tertiary/aromatic N) is 4. The highest BCUT2D eigenvalue weighted by Gasteiger charge is 2.27. The standard InChI is InChI=1S/C18H19N5O2S/c24-13(14-2-1-11-26-14)3-4-15(25)23-9-5-12(6-10-23)16-17-18(22-21-16)20-8-7-19-17/h1-2,7-8,11-12H,3-6,9-10H2,(H,20,21,22). The molecular weight excluding hydrogens is 350 g/mol. The highest BCUT2D eigenvalue weighted by atomic mass is 32.1. The van der Waals surface area contributed by atoms with Crippen LogP contribution in [0.25, 0.3) is 11.2 Å². The van der Waals surface area contributed by atoms with Gasteiger partial charge in [0.05, 0.1) is 10.6 Å². The van der Waals surface area contributed by atoms with E-state index in [1.165, 1.54) is 11.3 Å². The maximum atomic E-state index is 12.4. The first-order valence-electron chi connectivity index (χ1n) is 8.72. The van der Waals surface area contributed by atoms with E-state index < -0.39 is 0 Å². The van der Waals surface area contributed by atoms with Crippen LogP contribution in [0.2, 0.25) is 0 Å². The van der Waals surface area contributed by atoms with Gasteiger partial charge in [0.1, 0.15) is 5.52 Å². The molecule has 0 saturated carbocycles. The van der Waals surface area contributed by atoms with Crippen molar-refractivity contribution in [1.29, 1.82) is 0 Å². The van der Waals surface area contributed by atoms with Gasteiger partial charge in [-0.25, -0.2) is 9.97 Å². The van der Waals surface area contributed by atoms with Crippen molar-refractivity contribution in [2.75, 3.05) is 13.1 Å². The third-order valence-corrected chi connectivity index (χ3v) is 5.75. The molecule has 8 heteroatoms. The highest BCUT2D eigenvalue weighted by molar-refractivity contribution is 7.12. The number of thiophene rings is 1. The number of amides is 1. The topological polar surface area (TPSA) is 91.8 Å². The molecule has 4 rings (SSSR count). The lowest BCUT2D eigenvalue weighted by atomic mass is 9.93. The smallest absolute Gasteiger partial charge is 0.223 e. The quantitative estimate of drug-likeness (QED) is 0.698. The molecular formula is C18H19N5O2S. The van der Waals surface area contributed by atoms with Gasteiger partial charge >= 0.3 is 0 Å². The van der Waals surface area contributed by atoms with E-state index in [0.29, 0.717) is 24.7 Å². The lowest BCUT2D eigenvalue weighted by molar-refractivity contribution is -0.132. The fourth-order valence-electron chi connectivity index (χ4n) is 3.41. The first-order valence-corrected chi connectivity index (χ1v) is 9.60. The largest absolute Gasteiger partial charge is 0.343 e. The van der Waals surface area contributed by atoms with Gasteiger partial charge in [0.2, 0.25) is 5.91 Å². The van der Waals surface area contributed by atoms with Crippen molar-refractivity contribution in [3.8, 4) is 0 Å². The number of nitrogens with one attached hydrogen (secondary N) is 1. The van der Waals surface area contributed by atoms with Crippen molar-refractivity contribution in [2.45, 2.75) is 31.6 Å². The third-order valence-electron chi connectivity index (χ3n) is 4.83. The molecule has 0 bridgehead atoms. The van der Waals surface area contributed by atoms with E-state index in [0.717, 1.165) is 28.9 Å². The van der Waals surface area contributed by atoms with Crippen LogP contribution in [0, 0.1) is 0 Å². The summed E-state index contributed by atoms with van der Waals surface area (Å²) in [5.74, 6) is 0.404. The number of Topliss-reactive ketones (excluding diaryl/α,β-unsaturated/α-hetero) is 1. The molecule has 1 saturated heterocycles. The predicted octanol–water partition coefficient (Wildman–Crippen LogP) is 2.78. The number of carbonyl (C=O) groups is 2. The lowest BCUT2D eigenvalue weighted by Crippen LogP contribution is -2.38. The number of H-pyrrole nitrogens is 1. The molecule has 0 aromatic carbocycles. The zero-order chi connectivity index (χ0) is 17.9. The summed E-state index contributed by atoms with van der Waals surface area (Å²) in [5.41, 5.74) is 2.46. The van der Waals surface area contributed by atoms with E-state index in [2.05, 4.69) is 20.2 Å². The fourth-order valence-corrected chi connectivity index (χ4v) is 4.10. The Hall–Kier alpha value is -2.61. The van der Waals surface area contributed by atoms with Gasteiger partial charge in [0.25, 0.3) is 0 Å². The minimum absolute atomic E-state index is 0.0470. The summed E-state index contributed by atoms with van der Waals surface area (Å²) in [6.45, 7) is 1.38. The SMILES string of the molecule is O=C(CCC(=O)N1CCC(c2[nH]nc3nccnc23)CC1)c1cccs1. The molecule has 1 amide bonds. The molecule has 1 fully saturated rings. The van der Waals surface area contributed by atoms with Crippen molar-refractivity contribution >= 4 is 34.2 Å². The monoisotopic (exact) mass is 369 g/mol. The summed E-state index contributed by atoms with van der Waals surface area (Å²) in [4.78, 5) is 35.6. The molecule has 0 atom stereocenters. The number of hydrogen-bond acceptors (Lipinski definition) is 6. The van der Waals surface area contributed by atoms with Gasteiger partial charge in [-0.15, -0.1) is 11.3 Å². The minimum atomic E-state index is 0.0470. The van der Waals surface area contributed by atoms with Gasteiger partial charge in [0, 0.05) is 44.2 Å². The second-order valence-electron chi connectivity index (χ2n) is 6.42. The second-order valence-corrected chi connectivity index (χ2v) is 7.37. The Kier molecular flexibility index (Phi) is 4.75. The Morgan fingerprint density at radius 3 is 2.77 bits per heavy atom. The molecule has 3 aromatic rings. The average molecular weight is 369 g/mol. The van der Waals surface area contributed by atoms with Gasteiger partial charge < -0.3 is 4.90 Å². The lowest BCUT2D eigenvalue weighted by Gasteiger charge is -2.31. The molecule has 1 N–H and O–H groups in total. The number of rotatable bonds is 5. The molecule has 7 nitrogen and oxygen atoms in total. The van der Waals surface area contributed by atoms with E-state index in [1.54, 1.807) is 18.5 Å². The number of hydrogen-bond donors (Lipinski definition) is 1. The summed E-state index contributed by atoms with van der Waals surface area (Å²) in [5, 5.41) is 9.15. The van der Waals surface area contributed by atoms with Gasteiger partial charge in [-0.2, -0.15) is 5.10 Å². The molecule has 134 valence electrons. The average Bonchev–Trinajstić information content (AvgIpc) is 3.36. The summed E-state index contributed by atoms with van der Waals surface area (Å²) >= 11 is 1.42. The van der Waals surface area contributed by atoms with Gasteiger partial charge in [-0.05, 0) is 24.3 Å². The highest BCUT2D eigenvalue weighted by Crippen LogP contribution is 2.30. The van der Waals surface area contributed by atoms with Crippen molar-refractivity contribution in [2.24, 2.45) is 0 Å². The number of piperidine rings is 1. The molecule has 1 aliphatic heterocycles. The van der Waals surface area contributed by atoms with Crippen LogP contribution >= 0.6 is 11.3 Å². The first-order chi connectivity index (χ1) is 12.7. The Bertz CT molecular complexity index is 913. The van der Waals surface area contributed by atoms with Crippen LogP contribution < -0.4 is 0 Å². The second kappa shape index (κ2) is 7.33. The molecule has 0 aliphatic carbocycles. The van der Waals surface area contributed by atoms with Crippen LogP contribution in [0.5, 0.6) is 0 Å². The van der Waals surface area contributed by atoms with E-state index in [1.807, 2.05) is 16.3 Å². The third kappa shape index (κ3) is 3.37. The molecule has 4 heterocycles. The number of aromatic nitrogens is 4. The van der Waals surface area contributed by atoms with E-state index in [4.69, 9.17) is 0 Å². The molecule has 0 spiro atoms. The Balaban J connectivity index is 1.32. The fraction of sp³-hybridized carbons (Fsp3) is 0.389. The van der Waals surface area contributed by atoms with E-state index in [-0.39, 0.29) is 24.5 Å². The van der Waals surface area contributed by atoms with Gasteiger partial charge in [0.15, 0.2) is 11.4 Å². The molecule has 0 radical (unpaired) electrons. The summed E-state index contributed by atoms with van der Waals surface area (Å²) in [6, 6.07) is 3.66.